The predicted octanol–water partition coefficient (Wildman–Crippen LogP) is 1.87. The number of likely N-dealkylation sites (tertiary alicyclic amines) is 1. The van der Waals surface area contributed by atoms with Gasteiger partial charge >= 0.3 is 0 Å². The quantitative estimate of drug-likeness (QED) is 0.722. The molecule has 3 saturated heterocycles. The molecule has 3 heterocycles. The molecule has 166 valence electrons. The number of halogens is 1. The van der Waals surface area contributed by atoms with Gasteiger partial charge in [0.1, 0.15) is 5.54 Å². The molecule has 1 aliphatic carbocycles. The van der Waals surface area contributed by atoms with Crippen LogP contribution in [-0.2, 0) is 29.0 Å². The number of amides is 2. The summed E-state index contributed by atoms with van der Waals surface area (Å²) in [5.41, 5.74) is 2.80. The summed E-state index contributed by atoms with van der Waals surface area (Å²) in [5.74, 6) is -0.372. The third-order valence-electron chi connectivity index (χ3n) is 7.78. The van der Waals surface area contributed by atoms with E-state index in [-0.39, 0.29) is 18.4 Å². The molecule has 0 bridgehead atoms. The topological polar surface area (TPSA) is 64.1 Å². The van der Waals surface area contributed by atoms with Crippen molar-refractivity contribution >= 4 is 23.4 Å². The molecule has 0 radical (unpaired) electrons. The Bertz CT molecular complexity index is 1070. The summed E-state index contributed by atoms with van der Waals surface area (Å²) in [6, 6.07) is 15.8. The molecule has 2 unspecified atom stereocenters. The van der Waals surface area contributed by atoms with Crippen LogP contribution in [0.1, 0.15) is 23.1 Å². The van der Waals surface area contributed by atoms with E-state index in [0.29, 0.717) is 37.1 Å². The normalized spacial score (nSPS) is 27.6. The lowest BCUT2D eigenvalue weighted by Crippen LogP contribution is -2.82. The zero-order valence-electron chi connectivity index (χ0n) is 17.8. The highest BCUT2D eigenvalue weighted by Gasteiger charge is 2.65. The van der Waals surface area contributed by atoms with Crippen LogP contribution in [0.3, 0.4) is 0 Å². The zero-order valence-corrected chi connectivity index (χ0v) is 18.5. The Balaban J connectivity index is 1.27. The van der Waals surface area contributed by atoms with Crippen LogP contribution in [-0.4, -0.2) is 75.0 Å². The lowest BCUT2D eigenvalue weighted by atomic mass is 9.81. The molecule has 1 spiro atoms. The predicted molar refractivity (Wildman–Crippen MR) is 120 cm³/mol. The summed E-state index contributed by atoms with van der Waals surface area (Å²) < 4.78 is 0. The standard InChI is InChI=1S/C25H26ClN3O3/c26-21-8-4-3-7-18(21)12-28-23(31)22-11-20(30)13-29(22)25(24(28)32)14-27(15-25)19-9-16-5-1-2-6-17(16)10-19/h1-8,19-20,22,30H,9-15H2. The fraction of sp³-hybridized carbons (Fsp3) is 0.440. The largest absolute Gasteiger partial charge is 0.392 e. The smallest absolute Gasteiger partial charge is 0.252 e. The second-order valence-corrected chi connectivity index (χ2v) is 10.1. The lowest BCUT2D eigenvalue weighted by Gasteiger charge is -2.60. The van der Waals surface area contributed by atoms with Crippen LogP contribution in [0.2, 0.25) is 5.02 Å². The maximum Gasteiger partial charge on any atom is 0.252 e. The van der Waals surface area contributed by atoms with Gasteiger partial charge in [-0.05, 0) is 42.0 Å². The average molecular weight is 452 g/mol. The third kappa shape index (κ3) is 2.97. The van der Waals surface area contributed by atoms with Crippen molar-refractivity contribution in [3.63, 3.8) is 0 Å². The van der Waals surface area contributed by atoms with Crippen molar-refractivity contribution in [1.82, 2.24) is 14.7 Å². The summed E-state index contributed by atoms with van der Waals surface area (Å²) in [7, 11) is 0. The van der Waals surface area contributed by atoms with Crippen molar-refractivity contribution < 1.29 is 14.7 Å². The summed E-state index contributed by atoms with van der Waals surface area (Å²) in [4.78, 5) is 32.8. The number of carbonyl (C=O) groups is 2. The Morgan fingerprint density at radius 1 is 1.00 bits per heavy atom. The number of aliphatic hydroxyl groups excluding tert-OH is 1. The number of fused-ring (bicyclic) bond motifs is 3. The Morgan fingerprint density at radius 3 is 2.34 bits per heavy atom. The first-order valence-electron chi connectivity index (χ1n) is 11.3. The Labute approximate surface area is 192 Å². The second-order valence-electron chi connectivity index (χ2n) is 9.65. The van der Waals surface area contributed by atoms with Crippen LogP contribution in [0.4, 0.5) is 0 Å². The van der Waals surface area contributed by atoms with Crippen molar-refractivity contribution in [3.05, 3.63) is 70.2 Å². The van der Waals surface area contributed by atoms with Crippen molar-refractivity contribution in [2.75, 3.05) is 19.6 Å². The van der Waals surface area contributed by atoms with Gasteiger partial charge in [-0.25, -0.2) is 0 Å². The fourth-order valence-corrected chi connectivity index (χ4v) is 6.31. The molecule has 6 nitrogen and oxygen atoms in total. The minimum absolute atomic E-state index is 0.153. The summed E-state index contributed by atoms with van der Waals surface area (Å²) in [5, 5.41) is 10.9. The highest BCUT2D eigenvalue weighted by molar-refractivity contribution is 6.31. The van der Waals surface area contributed by atoms with Crippen LogP contribution in [0.15, 0.2) is 48.5 Å². The molecular formula is C25H26ClN3O3. The molecule has 2 aromatic carbocycles. The molecule has 6 rings (SSSR count). The van der Waals surface area contributed by atoms with Crippen molar-refractivity contribution in [1.29, 1.82) is 0 Å². The first-order valence-corrected chi connectivity index (χ1v) is 11.7. The minimum Gasteiger partial charge on any atom is -0.392 e. The second kappa shape index (κ2) is 7.39. The van der Waals surface area contributed by atoms with E-state index in [2.05, 4.69) is 29.2 Å². The van der Waals surface area contributed by atoms with E-state index in [1.807, 2.05) is 23.1 Å². The maximum absolute atomic E-state index is 13.8. The van der Waals surface area contributed by atoms with Crippen LogP contribution < -0.4 is 0 Å². The van der Waals surface area contributed by atoms with Crippen LogP contribution in [0, 0.1) is 0 Å². The third-order valence-corrected chi connectivity index (χ3v) is 8.15. The number of rotatable bonds is 3. The molecule has 7 heteroatoms. The molecule has 3 fully saturated rings. The van der Waals surface area contributed by atoms with E-state index in [4.69, 9.17) is 11.6 Å². The minimum atomic E-state index is -0.744. The number of piperazine rings is 1. The summed E-state index contributed by atoms with van der Waals surface area (Å²) >= 11 is 6.34. The molecule has 2 atom stereocenters. The number of nitrogens with zero attached hydrogens (tertiary/aromatic N) is 3. The van der Waals surface area contributed by atoms with E-state index in [1.165, 1.54) is 16.0 Å². The molecule has 3 aliphatic heterocycles. The number of imide groups is 1. The molecule has 1 N–H and O–H groups in total. The zero-order chi connectivity index (χ0) is 22.0. The van der Waals surface area contributed by atoms with Crippen LogP contribution in [0.5, 0.6) is 0 Å². The van der Waals surface area contributed by atoms with Crippen LogP contribution in [0.25, 0.3) is 0 Å². The van der Waals surface area contributed by atoms with Gasteiger partial charge in [0.2, 0.25) is 5.91 Å². The molecule has 32 heavy (non-hydrogen) atoms. The van der Waals surface area contributed by atoms with Crippen LogP contribution >= 0.6 is 11.6 Å². The van der Waals surface area contributed by atoms with Gasteiger partial charge in [-0.2, -0.15) is 0 Å². The van der Waals surface area contributed by atoms with E-state index >= 15 is 0 Å². The lowest BCUT2D eigenvalue weighted by molar-refractivity contribution is -0.183. The van der Waals surface area contributed by atoms with Gasteiger partial charge in [0.15, 0.2) is 0 Å². The highest BCUT2D eigenvalue weighted by Crippen LogP contribution is 2.43. The monoisotopic (exact) mass is 451 g/mol. The number of carbonyl (C=O) groups excluding carboxylic acids is 2. The van der Waals surface area contributed by atoms with Crippen molar-refractivity contribution in [3.8, 4) is 0 Å². The average Bonchev–Trinajstić information content (AvgIpc) is 3.35. The summed E-state index contributed by atoms with van der Waals surface area (Å²) in [6.45, 7) is 1.75. The van der Waals surface area contributed by atoms with Gasteiger partial charge in [0, 0.05) is 30.7 Å². The van der Waals surface area contributed by atoms with Gasteiger partial charge < -0.3 is 5.11 Å². The molecular weight excluding hydrogens is 426 g/mol. The van der Waals surface area contributed by atoms with Gasteiger partial charge in [-0.15, -0.1) is 0 Å². The van der Waals surface area contributed by atoms with Crippen molar-refractivity contribution in [2.24, 2.45) is 0 Å². The number of β-amino-alcohol motifs (C(OH)–C–C–N with tert-alkyl or cyclic N) is 1. The molecule has 0 aromatic heterocycles. The summed E-state index contributed by atoms with van der Waals surface area (Å²) in [6.07, 6.45) is 1.78. The Hall–Kier alpha value is -2.25. The number of aliphatic hydroxyl groups is 1. The molecule has 0 saturated carbocycles. The van der Waals surface area contributed by atoms with E-state index < -0.39 is 17.7 Å². The Kier molecular flexibility index (Phi) is 4.70. The van der Waals surface area contributed by atoms with E-state index in [0.717, 1.165) is 18.4 Å². The highest BCUT2D eigenvalue weighted by atomic mass is 35.5. The van der Waals surface area contributed by atoms with Gasteiger partial charge in [-0.1, -0.05) is 54.1 Å². The van der Waals surface area contributed by atoms with Gasteiger partial charge in [0.25, 0.3) is 5.91 Å². The van der Waals surface area contributed by atoms with Gasteiger partial charge in [0.05, 0.1) is 18.7 Å². The van der Waals surface area contributed by atoms with E-state index in [9.17, 15) is 14.7 Å². The molecule has 2 amide bonds. The fourth-order valence-electron chi connectivity index (χ4n) is 6.12. The maximum atomic E-state index is 13.8. The van der Waals surface area contributed by atoms with Crippen molar-refractivity contribution in [2.45, 2.75) is 49.5 Å². The first kappa shape index (κ1) is 20.4. The SMILES string of the molecule is O=C1C2CC(O)CN2C2(CN(C3Cc4ccccc4C3)C2)C(=O)N1Cc1ccccc1Cl. The Morgan fingerprint density at radius 2 is 1.66 bits per heavy atom. The molecule has 4 aliphatic rings. The molecule has 2 aromatic rings. The number of benzene rings is 2. The van der Waals surface area contributed by atoms with Gasteiger partial charge in [-0.3, -0.25) is 24.3 Å². The first-order chi connectivity index (χ1) is 15.5. The van der Waals surface area contributed by atoms with E-state index in [1.54, 1.807) is 6.07 Å². The number of hydrogen-bond acceptors (Lipinski definition) is 5. The number of hydrogen-bond donors (Lipinski definition) is 1.